The summed E-state index contributed by atoms with van der Waals surface area (Å²) in [7, 11) is -3.45. The Bertz CT molecular complexity index is 526. The molecule has 0 fully saturated rings. The lowest BCUT2D eigenvalue weighted by Gasteiger charge is -2.27. The molecule has 108 valence electrons. The summed E-state index contributed by atoms with van der Waals surface area (Å²) in [5.74, 6) is 0. The van der Waals surface area contributed by atoms with E-state index in [1.807, 2.05) is 39.8 Å². The summed E-state index contributed by atoms with van der Waals surface area (Å²) >= 11 is 0. The molecule has 4 nitrogen and oxygen atoms in total. The number of nitrogens with zero attached hydrogens (tertiary/aromatic N) is 1. The fourth-order valence-corrected chi connectivity index (χ4v) is 4.09. The SMILES string of the molecule is CCC(C)N(CC)S(=O)(=O)c1cc(CN)ccc1C. The highest BCUT2D eigenvalue weighted by atomic mass is 32.2. The maximum Gasteiger partial charge on any atom is 0.243 e. The highest BCUT2D eigenvalue weighted by Gasteiger charge is 2.28. The molecule has 0 radical (unpaired) electrons. The van der Waals surface area contributed by atoms with Gasteiger partial charge in [0.1, 0.15) is 0 Å². The summed E-state index contributed by atoms with van der Waals surface area (Å²) < 4.78 is 27.0. The number of rotatable bonds is 6. The van der Waals surface area contributed by atoms with E-state index in [0.717, 1.165) is 17.5 Å². The summed E-state index contributed by atoms with van der Waals surface area (Å²) in [6.45, 7) is 8.43. The molecule has 0 saturated heterocycles. The third-order valence-electron chi connectivity index (χ3n) is 3.47. The first-order valence-corrected chi connectivity index (χ1v) is 8.13. The summed E-state index contributed by atoms with van der Waals surface area (Å²) in [4.78, 5) is 0.373. The summed E-state index contributed by atoms with van der Waals surface area (Å²) in [6, 6.07) is 5.37. The van der Waals surface area contributed by atoms with Gasteiger partial charge in [0, 0.05) is 19.1 Å². The topological polar surface area (TPSA) is 63.4 Å². The number of hydrogen-bond acceptors (Lipinski definition) is 3. The van der Waals surface area contributed by atoms with E-state index in [4.69, 9.17) is 5.73 Å². The van der Waals surface area contributed by atoms with Crippen LogP contribution in [0.4, 0.5) is 0 Å². The average Bonchev–Trinajstić information content (AvgIpc) is 2.39. The van der Waals surface area contributed by atoms with Crippen molar-refractivity contribution in [2.45, 2.75) is 51.6 Å². The van der Waals surface area contributed by atoms with Gasteiger partial charge in [-0.15, -0.1) is 0 Å². The normalized spacial score (nSPS) is 13.8. The van der Waals surface area contributed by atoms with Gasteiger partial charge in [-0.3, -0.25) is 0 Å². The van der Waals surface area contributed by atoms with E-state index in [9.17, 15) is 8.42 Å². The van der Waals surface area contributed by atoms with Crippen LogP contribution in [0.5, 0.6) is 0 Å². The molecule has 0 spiro atoms. The summed E-state index contributed by atoms with van der Waals surface area (Å²) in [5.41, 5.74) is 7.20. The van der Waals surface area contributed by atoms with Crippen molar-refractivity contribution in [2.24, 2.45) is 5.73 Å². The molecule has 1 rings (SSSR count). The van der Waals surface area contributed by atoms with Gasteiger partial charge in [-0.25, -0.2) is 8.42 Å². The monoisotopic (exact) mass is 284 g/mol. The fraction of sp³-hybridized carbons (Fsp3) is 0.571. The molecule has 0 aromatic heterocycles. The molecule has 2 N–H and O–H groups in total. The van der Waals surface area contributed by atoms with Gasteiger partial charge < -0.3 is 5.73 Å². The largest absolute Gasteiger partial charge is 0.326 e. The molecule has 0 aliphatic rings. The van der Waals surface area contributed by atoms with E-state index < -0.39 is 10.0 Å². The van der Waals surface area contributed by atoms with Crippen molar-refractivity contribution in [3.63, 3.8) is 0 Å². The van der Waals surface area contributed by atoms with Crippen molar-refractivity contribution < 1.29 is 8.42 Å². The Kier molecular flexibility index (Phi) is 5.52. The van der Waals surface area contributed by atoms with Gasteiger partial charge in [0.15, 0.2) is 0 Å². The lowest BCUT2D eigenvalue weighted by atomic mass is 10.1. The summed E-state index contributed by atoms with van der Waals surface area (Å²) in [5, 5.41) is 0. The Morgan fingerprint density at radius 3 is 2.42 bits per heavy atom. The molecule has 5 heteroatoms. The average molecular weight is 284 g/mol. The van der Waals surface area contributed by atoms with E-state index in [1.54, 1.807) is 10.4 Å². The zero-order valence-electron chi connectivity index (χ0n) is 12.2. The van der Waals surface area contributed by atoms with Gasteiger partial charge >= 0.3 is 0 Å². The standard InChI is InChI=1S/C14H24N2O2S/c1-5-12(4)16(6-2)19(17,18)14-9-13(10-15)8-7-11(14)3/h7-9,12H,5-6,10,15H2,1-4H3. The maximum atomic E-state index is 12.7. The first-order valence-electron chi connectivity index (χ1n) is 6.69. The van der Waals surface area contributed by atoms with Crippen molar-refractivity contribution in [1.82, 2.24) is 4.31 Å². The highest BCUT2D eigenvalue weighted by molar-refractivity contribution is 7.89. The smallest absolute Gasteiger partial charge is 0.243 e. The second-order valence-electron chi connectivity index (χ2n) is 4.77. The zero-order valence-corrected chi connectivity index (χ0v) is 13.0. The van der Waals surface area contributed by atoms with Gasteiger partial charge in [0.25, 0.3) is 0 Å². The Balaban J connectivity index is 3.33. The van der Waals surface area contributed by atoms with Crippen LogP contribution in [0.2, 0.25) is 0 Å². The maximum absolute atomic E-state index is 12.7. The van der Waals surface area contributed by atoms with Crippen LogP contribution in [0.3, 0.4) is 0 Å². The van der Waals surface area contributed by atoms with Crippen LogP contribution in [0, 0.1) is 6.92 Å². The van der Waals surface area contributed by atoms with Crippen molar-refractivity contribution in [3.05, 3.63) is 29.3 Å². The van der Waals surface area contributed by atoms with Crippen LogP contribution in [0.25, 0.3) is 0 Å². The molecular weight excluding hydrogens is 260 g/mol. The van der Waals surface area contributed by atoms with Gasteiger partial charge in [-0.05, 0) is 37.5 Å². The molecule has 19 heavy (non-hydrogen) atoms. The quantitative estimate of drug-likeness (QED) is 0.871. The number of aryl methyl sites for hydroxylation is 1. The molecular formula is C14H24N2O2S. The minimum absolute atomic E-state index is 0.00377. The predicted octanol–water partition coefficient (Wildman–Crippen LogP) is 2.26. The van der Waals surface area contributed by atoms with Crippen LogP contribution in [0.1, 0.15) is 38.3 Å². The Hall–Kier alpha value is -0.910. The lowest BCUT2D eigenvalue weighted by Crippen LogP contribution is -2.38. The second-order valence-corrected chi connectivity index (χ2v) is 6.63. The Morgan fingerprint density at radius 2 is 1.95 bits per heavy atom. The predicted molar refractivity (Wildman–Crippen MR) is 78.4 cm³/mol. The second kappa shape index (κ2) is 6.50. The highest BCUT2D eigenvalue weighted by Crippen LogP contribution is 2.23. The van der Waals surface area contributed by atoms with Crippen LogP contribution in [-0.2, 0) is 16.6 Å². The van der Waals surface area contributed by atoms with E-state index in [-0.39, 0.29) is 6.04 Å². The molecule has 1 aromatic carbocycles. The number of benzene rings is 1. The third-order valence-corrected chi connectivity index (χ3v) is 5.70. The molecule has 1 unspecified atom stereocenters. The molecule has 0 saturated carbocycles. The summed E-state index contributed by atoms with van der Waals surface area (Å²) in [6.07, 6.45) is 0.794. The molecule has 0 aliphatic carbocycles. The van der Waals surface area contributed by atoms with Crippen molar-refractivity contribution >= 4 is 10.0 Å². The van der Waals surface area contributed by atoms with Crippen molar-refractivity contribution in [3.8, 4) is 0 Å². The first kappa shape index (κ1) is 16.1. The van der Waals surface area contributed by atoms with Crippen molar-refractivity contribution in [1.29, 1.82) is 0 Å². The molecule has 1 aromatic rings. The molecule has 0 aliphatic heterocycles. The van der Waals surface area contributed by atoms with Gasteiger partial charge in [0.05, 0.1) is 4.90 Å². The van der Waals surface area contributed by atoms with E-state index >= 15 is 0 Å². The van der Waals surface area contributed by atoms with E-state index in [0.29, 0.717) is 18.0 Å². The van der Waals surface area contributed by atoms with Crippen LogP contribution in [0.15, 0.2) is 23.1 Å². The zero-order chi connectivity index (χ0) is 14.6. The fourth-order valence-electron chi connectivity index (χ4n) is 2.10. The van der Waals surface area contributed by atoms with Crippen LogP contribution < -0.4 is 5.73 Å². The van der Waals surface area contributed by atoms with E-state index in [2.05, 4.69) is 0 Å². The molecule has 0 heterocycles. The lowest BCUT2D eigenvalue weighted by molar-refractivity contribution is 0.342. The minimum atomic E-state index is -3.45. The van der Waals surface area contributed by atoms with Gasteiger partial charge in [0.2, 0.25) is 10.0 Å². The van der Waals surface area contributed by atoms with E-state index in [1.165, 1.54) is 0 Å². The van der Waals surface area contributed by atoms with Crippen LogP contribution in [-0.4, -0.2) is 25.3 Å². The van der Waals surface area contributed by atoms with Gasteiger partial charge in [-0.2, -0.15) is 4.31 Å². The Labute approximate surface area is 116 Å². The molecule has 1 atom stereocenters. The number of nitrogens with two attached hydrogens (primary N) is 1. The number of hydrogen-bond donors (Lipinski definition) is 1. The Morgan fingerprint density at radius 1 is 1.32 bits per heavy atom. The molecule has 0 amide bonds. The molecule has 0 bridgehead atoms. The first-order chi connectivity index (χ1) is 8.88. The van der Waals surface area contributed by atoms with Crippen molar-refractivity contribution in [2.75, 3.05) is 6.54 Å². The van der Waals surface area contributed by atoms with Gasteiger partial charge in [-0.1, -0.05) is 26.0 Å². The number of sulfonamides is 1. The van der Waals surface area contributed by atoms with Crippen LogP contribution >= 0.6 is 0 Å². The minimum Gasteiger partial charge on any atom is -0.326 e. The third kappa shape index (κ3) is 3.35.